The van der Waals surface area contributed by atoms with Crippen molar-refractivity contribution in [2.75, 3.05) is 0 Å². The van der Waals surface area contributed by atoms with Gasteiger partial charge in [-0.05, 0) is 94.9 Å². The highest BCUT2D eigenvalue weighted by molar-refractivity contribution is 6.29. The second-order valence-corrected chi connectivity index (χ2v) is 12.6. The van der Waals surface area contributed by atoms with Crippen LogP contribution in [0.25, 0.3) is 43.6 Å². The third kappa shape index (κ3) is 2.47. The van der Waals surface area contributed by atoms with Gasteiger partial charge >= 0.3 is 0 Å². The number of rotatable bonds is 0. The Morgan fingerprint density at radius 1 is 0.632 bits per heavy atom. The van der Waals surface area contributed by atoms with E-state index in [0.717, 1.165) is 22.9 Å². The lowest BCUT2D eigenvalue weighted by molar-refractivity contribution is 0.423. The van der Waals surface area contributed by atoms with Crippen molar-refractivity contribution in [1.82, 2.24) is 4.98 Å². The van der Waals surface area contributed by atoms with Gasteiger partial charge in [0.25, 0.3) is 0 Å². The number of ether oxygens (including phenoxy) is 1. The molecule has 186 valence electrons. The van der Waals surface area contributed by atoms with Gasteiger partial charge < -0.3 is 4.74 Å². The molecule has 2 heteroatoms. The van der Waals surface area contributed by atoms with Crippen LogP contribution in [0.3, 0.4) is 0 Å². The van der Waals surface area contributed by atoms with Crippen molar-refractivity contribution in [2.24, 2.45) is 0 Å². The highest BCUT2D eigenvalue weighted by Gasteiger charge is 2.40. The van der Waals surface area contributed by atoms with Crippen LogP contribution in [0.4, 0.5) is 0 Å². The quantitative estimate of drug-likeness (QED) is 0.197. The van der Waals surface area contributed by atoms with E-state index in [9.17, 15) is 0 Å². The Labute approximate surface area is 223 Å². The average Bonchev–Trinajstić information content (AvgIpc) is 3.09. The summed E-state index contributed by atoms with van der Waals surface area (Å²) in [7, 11) is 0. The molecule has 2 aliphatic rings. The molecule has 0 spiro atoms. The predicted octanol–water partition coefficient (Wildman–Crippen LogP) is 9.64. The van der Waals surface area contributed by atoms with Gasteiger partial charge in [-0.1, -0.05) is 58.0 Å². The van der Waals surface area contributed by atoms with E-state index in [1.165, 1.54) is 71.3 Å². The van der Waals surface area contributed by atoms with Crippen LogP contribution in [-0.4, -0.2) is 4.98 Å². The molecule has 0 bridgehead atoms. The molecule has 1 aliphatic carbocycles. The van der Waals surface area contributed by atoms with Crippen LogP contribution in [0, 0.1) is 20.8 Å². The monoisotopic (exact) mass is 493 g/mol. The van der Waals surface area contributed by atoms with Gasteiger partial charge in [-0.3, -0.25) is 4.98 Å². The molecule has 1 aromatic heterocycles. The fourth-order valence-corrected chi connectivity index (χ4v) is 7.52. The lowest BCUT2D eigenvalue weighted by Crippen LogP contribution is -2.24. The fraction of sp³-hybridized carbons (Fsp3) is 0.250. The van der Waals surface area contributed by atoms with E-state index in [0.29, 0.717) is 0 Å². The molecule has 0 unspecified atom stereocenters. The van der Waals surface area contributed by atoms with Crippen LogP contribution in [0.1, 0.15) is 66.8 Å². The summed E-state index contributed by atoms with van der Waals surface area (Å²) in [6, 6.07) is 22.6. The molecule has 8 rings (SSSR count). The molecule has 0 radical (unpaired) electrons. The van der Waals surface area contributed by atoms with Gasteiger partial charge in [0.2, 0.25) is 0 Å². The third-order valence-electron chi connectivity index (χ3n) is 9.54. The van der Waals surface area contributed by atoms with Gasteiger partial charge in [-0.25, -0.2) is 0 Å². The highest BCUT2D eigenvalue weighted by Crippen LogP contribution is 2.57. The number of benzene rings is 5. The Hall–Kier alpha value is -3.91. The zero-order valence-electron chi connectivity index (χ0n) is 23.1. The summed E-state index contributed by atoms with van der Waals surface area (Å²) < 4.78 is 6.74. The summed E-state index contributed by atoms with van der Waals surface area (Å²) in [6.07, 6.45) is 0. The summed E-state index contributed by atoms with van der Waals surface area (Å²) in [5, 5.41) is 7.85. The molecule has 0 saturated heterocycles. The van der Waals surface area contributed by atoms with Crippen molar-refractivity contribution in [2.45, 2.75) is 59.3 Å². The minimum absolute atomic E-state index is 0.0926. The first-order chi connectivity index (χ1) is 18.1. The Balaban J connectivity index is 1.58. The lowest BCUT2D eigenvalue weighted by Gasteiger charge is -2.36. The maximum absolute atomic E-state index is 6.74. The van der Waals surface area contributed by atoms with Gasteiger partial charge in [0, 0.05) is 44.0 Å². The van der Waals surface area contributed by atoms with Crippen molar-refractivity contribution in [3.05, 3.63) is 99.7 Å². The van der Waals surface area contributed by atoms with Gasteiger partial charge in [-0.15, -0.1) is 0 Å². The summed E-state index contributed by atoms with van der Waals surface area (Å²) in [5.74, 6) is 1.97. The molecular weight excluding hydrogens is 462 g/mol. The van der Waals surface area contributed by atoms with Gasteiger partial charge in [0.05, 0.1) is 5.69 Å². The molecule has 6 aromatic rings. The van der Waals surface area contributed by atoms with Crippen LogP contribution in [0.15, 0.2) is 60.7 Å². The molecule has 0 fully saturated rings. The molecule has 0 amide bonds. The van der Waals surface area contributed by atoms with Crippen LogP contribution >= 0.6 is 0 Å². The molecule has 0 atom stereocenters. The van der Waals surface area contributed by atoms with Crippen molar-refractivity contribution >= 4 is 32.3 Å². The van der Waals surface area contributed by atoms with E-state index < -0.39 is 0 Å². The SMILES string of the molecule is Cc1ccc2c(n1)-c1c(cc3c(C)cc4cc5c(c6cc(C)c1c3c46)Oc1ccccc1C5(C)C)C2(C)C. The topological polar surface area (TPSA) is 22.1 Å². The molecule has 2 nitrogen and oxygen atoms in total. The number of aryl methyl sites for hydroxylation is 3. The molecule has 2 heterocycles. The van der Waals surface area contributed by atoms with E-state index in [2.05, 4.69) is 109 Å². The fourth-order valence-electron chi connectivity index (χ4n) is 7.52. The summed E-state index contributed by atoms with van der Waals surface area (Å²) >= 11 is 0. The number of fused-ring (bicyclic) bond motifs is 7. The average molecular weight is 494 g/mol. The number of hydrogen-bond acceptors (Lipinski definition) is 2. The number of aromatic nitrogens is 1. The zero-order valence-corrected chi connectivity index (χ0v) is 23.1. The van der Waals surface area contributed by atoms with Crippen LogP contribution in [0.2, 0.25) is 0 Å². The van der Waals surface area contributed by atoms with E-state index in [1.807, 2.05) is 0 Å². The molecular formula is C36H31NO. The third-order valence-corrected chi connectivity index (χ3v) is 9.54. The second kappa shape index (κ2) is 6.74. The highest BCUT2D eigenvalue weighted by atomic mass is 16.5. The van der Waals surface area contributed by atoms with E-state index >= 15 is 0 Å². The largest absolute Gasteiger partial charge is 0.456 e. The summed E-state index contributed by atoms with van der Waals surface area (Å²) in [6.45, 7) is 16.0. The van der Waals surface area contributed by atoms with Gasteiger partial charge in [-0.2, -0.15) is 0 Å². The molecule has 38 heavy (non-hydrogen) atoms. The van der Waals surface area contributed by atoms with Crippen LogP contribution in [0.5, 0.6) is 11.5 Å². The van der Waals surface area contributed by atoms with Crippen molar-refractivity contribution in [3.8, 4) is 22.8 Å². The zero-order chi connectivity index (χ0) is 26.3. The molecule has 0 N–H and O–H groups in total. The maximum atomic E-state index is 6.74. The molecule has 1 aliphatic heterocycles. The maximum Gasteiger partial charge on any atom is 0.139 e. The van der Waals surface area contributed by atoms with Crippen molar-refractivity contribution < 1.29 is 4.74 Å². The molecule has 0 saturated carbocycles. The van der Waals surface area contributed by atoms with Crippen molar-refractivity contribution in [1.29, 1.82) is 0 Å². The van der Waals surface area contributed by atoms with E-state index in [4.69, 9.17) is 9.72 Å². The summed E-state index contributed by atoms with van der Waals surface area (Å²) in [4.78, 5) is 5.13. The first kappa shape index (κ1) is 22.1. The molecule has 5 aromatic carbocycles. The number of hydrogen-bond donors (Lipinski definition) is 0. The summed E-state index contributed by atoms with van der Waals surface area (Å²) in [5.41, 5.74) is 11.1. The smallest absolute Gasteiger partial charge is 0.139 e. The Morgan fingerprint density at radius 2 is 1.39 bits per heavy atom. The van der Waals surface area contributed by atoms with Gasteiger partial charge in [0.1, 0.15) is 11.5 Å². The number of pyridine rings is 1. The normalized spacial score (nSPS) is 16.4. The van der Waals surface area contributed by atoms with Crippen LogP contribution < -0.4 is 4.74 Å². The van der Waals surface area contributed by atoms with E-state index in [-0.39, 0.29) is 10.8 Å². The second-order valence-electron chi connectivity index (χ2n) is 12.6. The minimum atomic E-state index is -0.151. The Bertz CT molecular complexity index is 2020. The standard InChI is InChI=1S/C36H31NO/c1-18-14-21-16-27-34(38-28-11-9-8-10-24(28)35(27,4)5)23-15-19(2)29-31(30(21)23)22(18)17-26-32(29)33-25(36(26,6)7)13-12-20(3)37-33/h8-17H,1-7H3. The number of nitrogens with zero attached hydrogens (tertiary/aromatic N) is 1. The first-order valence-corrected chi connectivity index (χ1v) is 13.7. The Kier molecular flexibility index (Phi) is 3.92. The first-order valence-electron chi connectivity index (χ1n) is 13.7. The lowest BCUT2D eigenvalue weighted by atomic mass is 9.73. The minimum Gasteiger partial charge on any atom is -0.456 e. The number of para-hydroxylation sites is 1. The Morgan fingerprint density at radius 3 is 2.21 bits per heavy atom. The predicted molar refractivity (Wildman–Crippen MR) is 158 cm³/mol. The van der Waals surface area contributed by atoms with E-state index in [1.54, 1.807) is 0 Å². The van der Waals surface area contributed by atoms with Crippen LogP contribution in [-0.2, 0) is 10.8 Å². The van der Waals surface area contributed by atoms with Crippen molar-refractivity contribution in [3.63, 3.8) is 0 Å². The van der Waals surface area contributed by atoms with Gasteiger partial charge in [0.15, 0.2) is 0 Å².